The molecule has 0 N–H and O–H groups in total. The molecule has 5 nitrogen and oxygen atoms in total. The van der Waals surface area contributed by atoms with Crippen LogP contribution in [0.25, 0.3) is 0 Å². The highest BCUT2D eigenvalue weighted by atomic mass is 16.7. The van der Waals surface area contributed by atoms with Gasteiger partial charge in [-0.15, -0.1) is 0 Å². The van der Waals surface area contributed by atoms with Crippen LogP contribution in [-0.2, 0) is 23.7 Å². The molecule has 0 aliphatic carbocycles. The number of carbonyl (C=O) groups excluding carboxylic acids is 1. The van der Waals surface area contributed by atoms with Crippen molar-refractivity contribution >= 4 is 5.97 Å². The third-order valence-electron chi connectivity index (χ3n) is 1.12. The molecule has 0 spiro atoms. The fourth-order valence-electron chi connectivity index (χ4n) is 0.544. The summed E-state index contributed by atoms with van der Waals surface area (Å²) in [5.74, 6) is -0.480. The number of rotatable bonds is 7. The van der Waals surface area contributed by atoms with Crippen molar-refractivity contribution in [3.8, 4) is 0 Å². The Hall–Kier alpha value is -0.910. The summed E-state index contributed by atoms with van der Waals surface area (Å²) < 4.78 is 18.7. The molecule has 0 unspecified atom stereocenters. The lowest BCUT2D eigenvalue weighted by atomic mass is 10.3. The maximum absolute atomic E-state index is 10.8. The highest BCUT2D eigenvalue weighted by Crippen LogP contribution is 1.94. The Morgan fingerprint density at radius 2 is 1.92 bits per heavy atom. The van der Waals surface area contributed by atoms with Gasteiger partial charge >= 0.3 is 5.97 Å². The maximum Gasteiger partial charge on any atom is 0.335 e. The van der Waals surface area contributed by atoms with Gasteiger partial charge in [0.2, 0.25) is 0 Å². The van der Waals surface area contributed by atoms with Crippen molar-refractivity contribution < 1.29 is 23.7 Å². The van der Waals surface area contributed by atoms with Crippen LogP contribution in [-0.4, -0.2) is 40.4 Å². The Morgan fingerprint density at radius 1 is 1.23 bits per heavy atom. The number of ether oxygens (including phenoxy) is 4. The summed E-state index contributed by atoms with van der Waals surface area (Å²) in [4.78, 5) is 10.8. The van der Waals surface area contributed by atoms with Gasteiger partial charge in [-0.2, -0.15) is 0 Å². The van der Waals surface area contributed by atoms with Gasteiger partial charge in [-0.3, -0.25) is 0 Å². The third kappa shape index (κ3) is 6.27. The van der Waals surface area contributed by atoms with Crippen LogP contribution in [0.15, 0.2) is 12.2 Å². The molecule has 0 radical (unpaired) electrons. The number of hydrogen-bond acceptors (Lipinski definition) is 5. The molecule has 0 heterocycles. The molecule has 0 aliphatic rings. The molecule has 0 aromatic carbocycles. The SMILES string of the molecule is C=C(COCOCOC)C(=O)OC. The van der Waals surface area contributed by atoms with E-state index < -0.39 is 5.97 Å². The monoisotopic (exact) mass is 190 g/mol. The van der Waals surface area contributed by atoms with E-state index in [1.165, 1.54) is 14.2 Å². The summed E-state index contributed by atoms with van der Waals surface area (Å²) in [6.07, 6.45) is 0. The van der Waals surface area contributed by atoms with E-state index in [1.54, 1.807) is 0 Å². The zero-order valence-electron chi connectivity index (χ0n) is 7.87. The van der Waals surface area contributed by atoms with Crippen LogP contribution in [0.3, 0.4) is 0 Å². The summed E-state index contributed by atoms with van der Waals surface area (Å²) in [7, 11) is 2.79. The summed E-state index contributed by atoms with van der Waals surface area (Å²) in [6.45, 7) is 3.77. The van der Waals surface area contributed by atoms with Crippen LogP contribution < -0.4 is 0 Å². The average Bonchev–Trinajstić information content (AvgIpc) is 2.16. The molecule has 5 heteroatoms. The van der Waals surface area contributed by atoms with Gasteiger partial charge in [0.05, 0.1) is 19.3 Å². The van der Waals surface area contributed by atoms with Crippen LogP contribution in [0, 0.1) is 0 Å². The zero-order valence-corrected chi connectivity index (χ0v) is 7.87. The van der Waals surface area contributed by atoms with Gasteiger partial charge in [0.15, 0.2) is 0 Å². The quantitative estimate of drug-likeness (QED) is 0.250. The van der Waals surface area contributed by atoms with E-state index in [4.69, 9.17) is 9.47 Å². The van der Waals surface area contributed by atoms with E-state index in [1.807, 2.05) is 0 Å². The Labute approximate surface area is 77.2 Å². The zero-order chi connectivity index (χ0) is 10.1. The fourth-order valence-corrected chi connectivity index (χ4v) is 0.544. The molecule has 0 fully saturated rings. The predicted molar refractivity (Wildman–Crippen MR) is 44.9 cm³/mol. The minimum atomic E-state index is -0.480. The molecule has 0 saturated heterocycles. The second kappa shape index (κ2) is 7.72. The summed E-state index contributed by atoms with van der Waals surface area (Å²) in [6, 6.07) is 0. The van der Waals surface area contributed by atoms with Crippen LogP contribution in [0.5, 0.6) is 0 Å². The van der Waals surface area contributed by atoms with Crippen molar-refractivity contribution in [2.24, 2.45) is 0 Å². The van der Waals surface area contributed by atoms with Crippen LogP contribution in [0.2, 0.25) is 0 Å². The van der Waals surface area contributed by atoms with Gasteiger partial charge in [-0.25, -0.2) is 4.79 Å². The normalized spacial score (nSPS) is 9.69. The number of methoxy groups -OCH3 is 2. The smallest absolute Gasteiger partial charge is 0.335 e. The highest BCUT2D eigenvalue weighted by molar-refractivity contribution is 5.87. The van der Waals surface area contributed by atoms with Gasteiger partial charge in [-0.1, -0.05) is 6.58 Å². The molecular formula is C8H14O5. The molecule has 0 amide bonds. The van der Waals surface area contributed by atoms with E-state index >= 15 is 0 Å². The first-order valence-corrected chi connectivity index (χ1v) is 3.63. The van der Waals surface area contributed by atoms with E-state index in [0.717, 1.165) is 0 Å². The van der Waals surface area contributed by atoms with E-state index in [0.29, 0.717) is 0 Å². The standard InChI is InChI=1S/C8H14O5/c1-7(8(9)11-3)4-12-6-13-5-10-2/h1,4-6H2,2-3H3. The molecule has 13 heavy (non-hydrogen) atoms. The van der Waals surface area contributed by atoms with E-state index in [2.05, 4.69) is 16.1 Å². The van der Waals surface area contributed by atoms with Crippen molar-refractivity contribution in [3.05, 3.63) is 12.2 Å². The molecular weight excluding hydrogens is 176 g/mol. The van der Waals surface area contributed by atoms with E-state index in [9.17, 15) is 4.79 Å². The van der Waals surface area contributed by atoms with Crippen molar-refractivity contribution in [3.63, 3.8) is 0 Å². The fraction of sp³-hybridized carbons (Fsp3) is 0.625. The lowest BCUT2D eigenvalue weighted by Gasteiger charge is -2.05. The van der Waals surface area contributed by atoms with Gasteiger partial charge in [0.1, 0.15) is 13.6 Å². The second-order valence-corrected chi connectivity index (χ2v) is 2.17. The van der Waals surface area contributed by atoms with Crippen molar-refractivity contribution in [2.75, 3.05) is 34.4 Å². The summed E-state index contributed by atoms with van der Waals surface area (Å²) in [5.41, 5.74) is 0.253. The highest BCUT2D eigenvalue weighted by Gasteiger charge is 2.05. The minimum Gasteiger partial charge on any atom is -0.466 e. The first-order valence-electron chi connectivity index (χ1n) is 3.63. The summed E-state index contributed by atoms with van der Waals surface area (Å²) in [5, 5.41) is 0. The molecule has 0 aliphatic heterocycles. The lowest BCUT2D eigenvalue weighted by Crippen LogP contribution is -2.11. The minimum absolute atomic E-state index is 0.0594. The first kappa shape index (κ1) is 12.1. The molecule has 0 bridgehead atoms. The number of esters is 1. The number of hydrogen-bond donors (Lipinski definition) is 0. The topological polar surface area (TPSA) is 54.0 Å². The van der Waals surface area contributed by atoms with Gasteiger partial charge in [0, 0.05) is 7.11 Å². The third-order valence-corrected chi connectivity index (χ3v) is 1.12. The van der Waals surface area contributed by atoms with Crippen molar-refractivity contribution in [1.29, 1.82) is 0 Å². The largest absolute Gasteiger partial charge is 0.466 e. The maximum atomic E-state index is 10.8. The predicted octanol–water partition coefficient (Wildman–Crippen LogP) is 0.310. The Kier molecular flexibility index (Phi) is 7.18. The Morgan fingerprint density at radius 3 is 2.46 bits per heavy atom. The Balaban J connectivity index is 3.32. The van der Waals surface area contributed by atoms with Crippen LogP contribution in [0.1, 0.15) is 0 Å². The summed E-state index contributed by atoms with van der Waals surface area (Å²) >= 11 is 0. The lowest BCUT2D eigenvalue weighted by molar-refractivity contribution is -0.139. The molecule has 0 aromatic rings. The first-order chi connectivity index (χ1) is 6.22. The molecule has 0 rings (SSSR count). The van der Waals surface area contributed by atoms with Gasteiger partial charge in [-0.05, 0) is 0 Å². The van der Waals surface area contributed by atoms with Crippen LogP contribution in [0.4, 0.5) is 0 Å². The van der Waals surface area contributed by atoms with Crippen molar-refractivity contribution in [1.82, 2.24) is 0 Å². The van der Waals surface area contributed by atoms with Crippen molar-refractivity contribution in [2.45, 2.75) is 0 Å². The Bertz CT molecular complexity index is 166. The molecule has 76 valence electrons. The molecule has 0 aromatic heterocycles. The average molecular weight is 190 g/mol. The molecule has 0 saturated carbocycles. The van der Waals surface area contributed by atoms with E-state index in [-0.39, 0.29) is 25.8 Å². The second-order valence-electron chi connectivity index (χ2n) is 2.17. The van der Waals surface area contributed by atoms with Gasteiger partial charge in [0.25, 0.3) is 0 Å². The van der Waals surface area contributed by atoms with Crippen LogP contribution >= 0.6 is 0 Å². The number of carbonyl (C=O) groups is 1. The van der Waals surface area contributed by atoms with Gasteiger partial charge < -0.3 is 18.9 Å². The molecule has 0 atom stereocenters.